The fraction of sp³-hybridized carbons (Fsp3) is 0.176. The van der Waals surface area contributed by atoms with Gasteiger partial charge in [-0.3, -0.25) is 4.79 Å². The van der Waals surface area contributed by atoms with E-state index < -0.39 is 11.7 Å². The zero-order chi connectivity index (χ0) is 20.1. The minimum absolute atomic E-state index is 0.0709. The number of methoxy groups -OCH3 is 1. The highest BCUT2D eigenvalue weighted by Gasteiger charge is 2.34. The molecule has 0 bridgehead atoms. The molecule has 7 nitrogen and oxygen atoms in total. The number of aromatic nitrogens is 4. The number of halogens is 3. The summed E-state index contributed by atoms with van der Waals surface area (Å²) in [4.78, 5) is 12.1. The first kappa shape index (κ1) is 19.7. The van der Waals surface area contributed by atoms with Gasteiger partial charge in [-0.1, -0.05) is 23.9 Å². The molecule has 0 radical (unpaired) electrons. The molecule has 0 fully saturated rings. The molecular weight excluding hydrogens is 395 g/mol. The smallest absolute Gasteiger partial charge is 0.418 e. The second-order valence-electron chi connectivity index (χ2n) is 5.45. The fourth-order valence-electron chi connectivity index (χ4n) is 2.32. The number of tetrazole rings is 1. The van der Waals surface area contributed by atoms with Crippen molar-refractivity contribution in [2.24, 2.45) is 0 Å². The van der Waals surface area contributed by atoms with Crippen LogP contribution in [0, 0.1) is 0 Å². The molecule has 0 aliphatic carbocycles. The number of nitrogens with one attached hydrogen (secondary N) is 1. The quantitative estimate of drug-likeness (QED) is 0.629. The molecule has 3 rings (SSSR count). The summed E-state index contributed by atoms with van der Waals surface area (Å²) >= 11 is 0.926. The lowest BCUT2D eigenvalue weighted by Gasteiger charge is -2.12. The first-order chi connectivity index (χ1) is 13.4. The SMILES string of the molecule is COc1ccc(NC(=O)CSc2nnnn2-c2ccccc2C(F)(F)F)cc1. The van der Waals surface area contributed by atoms with Crippen LogP contribution in [0.15, 0.2) is 53.7 Å². The van der Waals surface area contributed by atoms with E-state index in [1.54, 1.807) is 24.3 Å². The van der Waals surface area contributed by atoms with E-state index in [-0.39, 0.29) is 22.5 Å². The van der Waals surface area contributed by atoms with Crippen molar-refractivity contribution in [1.29, 1.82) is 0 Å². The summed E-state index contributed by atoms with van der Waals surface area (Å²) in [6, 6.07) is 11.7. The minimum Gasteiger partial charge on any atom is -0.497 e. The Morgan fingerprint density at radius 2 is 1.89 bits per heavy atom. The number of benzene rings is 2. The highest BCUT2D eigenvalue weighted by atomic mass is 32.2. The summed E-state index contributed by atoms with van der Waals surface area (Å²) in [7, 11) is 1.53. The van der Waals surface area contributed by atoms with Crippen molar-refractivity contribution in [3.8, 4) is 11.4 Å². The van der Waals surface area contributed by atoms with Crippen molar-refractivity contribution in [2.45, 2.75) is 11.3 Å². The van der Waals surface area contributed by atoms with Gasteiger partial charge in [-0.2, -0.15) is 17.9 Å². The topological polar surface area (TPSA) is 81.9 Å². The van der Waals surface area contributed by atoms with Gasteiger partial charge in [0.2, 0.25) is 11.1 Å². The molecule has 0 spiro atoms. The molecule has 0 saturated heterocycles. The van der Waals surface area contributed by atoms with Crippen LogP contribution >= 0.6 is 11.8 Å². The third-order valence-corrected chi connectivity index (χ3v) is 4.50. The maximum atomic E-state index is 13.2. The zero-order valence-corrected chi connectivity index (χ0v) is 15.3. The lowest BCUT2D eigenvalue weighted by Crippen LogP contribution is -2.15. The number of carbonyl (C=O) groups excluding carboxylic acids is 1. The number of nitrogens with zero attached hydrogens (tertiary/aromatic N) is 4. The van der Waals surface area contributed by atoms with Crippen LogP contribution < -0.4 is 10.1 Å². The Morgan fingerprint density at radius 1 is 1.18 bits per heavy atom. The van der Waals surface area contributed by atoms with E-state index in [1.807, 2.05) is 0 Å². The van der Waals surface area contributed by atoms with Crippen molar-refractivity contribution in [2.75, 3.05) is 18.2 Å². The van der Waals surface area contributed by atoms with Crippen LogP contribution in [-0.2, 0) is 11.0 Å². The van der Waals surface area contributed by atoms with Crippen LogP contribution in [0.5, 0.6) is 5.75 Å². The molecule has 1 heterocycles. The van der Waals surface area contributed by atoms with Gasteiger partial charge in [0, 0.05) is 5.69 Å². The Balaban J connectivity index is 1.70. The highest BCUT2D eigenvalue weighted by Crippen LogP contribution is 2.34. The van der Waals surface area contributed by atoms with Gasteiger partial charge in [0.25, 0.3) is 0 Å². The van der Waals surface area contributed by atoms with Gasteiger partial charge < -0.3 is 10.1 Å². The van der Waals surface area contributed by atoms with Crippen LogP contribution in [0.2, 0.25) is 0 Å². The monoisotopic (exact) mass is 409 g/mol. The summed E-state index contributed by atoms with van der Waals surface area (Å²) in [5.74, 6) is 0.212. The summed E-state index contributed by atoms with van der Waals surface area (Å²) < 4.78 is 45.7. The zero-order valence-electron chi connectivity index (χ0n) is 14.5. The molecule has 3 aromatic rings. The molecule has 0 atom stereocenters. The van der Waals surface area contributed by atoms with Gasteiger partial charge in [0.1, 0.15) is 5.75 Å². The van der Waals surface area contributed by atoms with E-state index in [4.69, 9.17) is 4.74 Å². The predicted octanol–water partition coefficient (Wildman–Crippen LogP) is 3.42. The third kappa shape index (κ3) is 4.60. The molecule has 28 heavy (non-hydrogen) atoms. The molecular formula is C17H14F3N5O2S. The normalized spacial score (nSPS) is 11.3. The fourth-order valence-corrected chi connectivity index (χ4v) is 3.00. The Labute approximate surface area is 161 Å². The number of para-hydroxylation sites is 1. The van der Waals surface area contributed by atoms with E-state index in [2.05, 4.69) is 20.8 Å². The number of hydrogen-bond acceptors (Lipinski definition) is 6. The Hall–Kier alpha value is -3.08. The molecule has 11 heteroatoms. The molecule has 0 saturated carbocycles. The van der Waals surface area contributed by atoms with Gasteiger partial charge >= 0.3 is 6.18 Å². The first-order valence-electron chi connectivity index (χ1n) is 7.90. The maximum Gasteiger partial charge on any atom is 0.418 e. The average molecular weight is 409 g/mol. The lowest BCUT2D eigenvalue weighted by molar-refractivity contribution is -0.137. The lowest BCUT2D eigenvalue weighted by atomic mass is 10.2. The largest absolute Gasteiger partial charge is 0.497 e. The Kier molecular flexibility index (Phi) is 5.83. The number of anilines is 1. The van der Waals surface area contributed by atoms with Gasteiger partial charge in [-0.05, 0) is 46.8 Å². The van der Waals surface area contributed by atoms with Crippen LogP contribution in [-0.4, -0.2) is 39.0 Å². The summed E-state index contributed by atoms with van der Waals surface area (Å²) in [6.07, 6.45) is -4.56. The predicted molar refractivity (Wildman–Crippen MR) is 96.5 cm³/mol. The van der Waals surface area contributed by atoms with Crippen molar-refractivity contribution < 1.29 is 22.7 Å². The molecule has 1 amide bonds. The second-order valence-corrected chi connectivity index (χ2v) is 6.40. The number of amides is 1. The molecule has 146 valence electrons. The van der Waals surface area contributed by atoms with Crippen LogP contribution in [0.3, 0.4) is 0 Å². The summed E-state index contributed by atoms with van der Waals surface area (Å²) in [6.45, 7) is 0. The van der Waals surface area contributed by atoms with Crippen molar-refractivity contribution in [3.63, 3.8) is 0 Å². The Morgan fingerprint density at radius 3 is 2.57 bits per heavy atom. The number of rotatable bonds is 6. The van der Waals surface area contributed by atoms with E-state index in [1.165, 1.54) is 25.3 Å². The number of thioether (sulfide) groups is 1. The van der Waals surface area contributed by atoms with Gasteiger partial charge in [0.15, 0.2) is 0 Å². The van der Waals surface area contributed by atoms with E-state index in [9.17, 15) is 18.0 Å². The maximum absolute atomic E-state index is 13.2. The van der Waals surface area contributed by atoms with Crippen LogP contribution in [0.25, 0.3) is 5.69 Å². The van der Waals surface area contributed by atoms with Gasteiger partial charge in [0.05, 0.1) is 24.1 Å². The van der Waals surface area contributed by atoms with E-state index >= 15 is 0 Å². The number of alkyl halides is 3. The van der Waals surface area contributed by atoms with Gasteiger partial charge in [-0.25, -0.2) is 0 Å². The summed E-state index contributed by atoms with van der Waals surface area (Å²) in [5, 5.41) is 13.5. The molecule has 1 aromatic heterocycles. The van der Waals surface area contributed by atoms with Crippen LogP contribution in [0.4, 0.5) is 18.9 Å². The second kappa shape index (κ2) is 8.30. The first-order valence-corrected chi connectivity index (χ1v) is 8.88. The van der Waals surface area contributed by atoms with Gasteiger partial charge in [-0.15, -0.1) is 5.10 Å². The highest BCUT2D eigenvalue weighted by molar-refractivity contribution is 7.99. The van der Waals surface area contributed by atoms with Crippen molar-refractivity contribution in [3.05, 3.63) is 54.1 Å². The van der Waals surface area contributed by atoms with Crippen molar-refractivity contribution >= 4 is 23.4 Å². The number of ether oxygens (including phenoxy) is 1. The Bertz CT molecular complexity index is 960. The standard InChI is InChI=1S/C17H14F3N5O2S/c1-27-12-8-6-11(7-9-12)21-15(26)10-28-16-22-23-24-25(16)14-5-3-2-4-13(14)17(18,19)20/h2-9H,10H2,1H3,(H,21,26). The molecule has 1 N–H and O–H groups in total. The average Bonchev–Trinajstić information content (AvgIpc) is 3.15. The number of hydrogen-bond donors (Lipinski definition) is 1. The van der Waals surface area contributed by atoms with E-state index in [0.29, 0.717) is 11.4 Å². The molecule has 0 aliphatic rings. The van der Waals surface area contributed by atoms with Crippen molar-refractivity contribution in [1.82, 2.24) is 20.2 Å². The third-order valence-electron chi connectivity index (χ3n) is 3.58. The van der Waals surface area contributed by atoms with E-state index in [0.717, 1.165) is 22.5 Å². The number of carbonyl (C=O) groups is 1. The molecule has 0 unspecified atom stereocenters. The van der Waals surface area contributed by atoms with Crippen LogP contribution in [0.1, 0.15) is 5.56 Å². The summed E-state index contributed by atoms with van der Waals surface area (Å²) in [5.41, 5.74) is -0.515. The molecule has 2 aromatic carbocycles. The molecule has 0 aliphatic heterocycles. The minimum atomic E-state index is -4.56.